The number of rotatable bonds is 3. The number of aromatic hydroxyl groups is 1. The quantitative estimate of drug-likeness (QED) is 0.336. The Morgan fingerprint density at radius 1 is 1.03 bits per heavy atom. The van der Waals surface area contributed by atoms with Crippen LogP contribution in [0.1, 0.15) is 30.9 Å². The minimum Gasteiger partial charge on any atom is -0.503 e. The minimum absolute atomic E-state index is 0.0815. The van der Waals surface area contributed by atoms with Crippen molar-refractivity contribution in [1.29, 1.82) is 0 Å². The third-order valence-electron chi connectivity index (χ3n) is 7.55. The highest BCUT2D eigenvalue weighted by atomic mass is 79.9. The molecule has 2 heterocycles. The van der Waals surface area contributed by atoms with Gasteiger partial charge in [-0.1, -0.05) is 24.3 Å². The van der Waals surface area contributed by atoms with Gasteiger partial charge in [0.05, 0.1) is 29.9 Å². The number of hydrogen-bond donors (Lipinski definition) is 1. The number of ether oxygens (including phenoxy) is 1. The zero-order chi connectivity index (χ0) is 27.7. The fourth-order valence-electron chi connectivity index (χ4n) is 5.76. The molecule has 0 fully saturated rings. The minimum atomic E-state index is -0.741. The van der Waals surface area contributed by atoms with E-state index < -0.39 is 23.3 Å². The normalized spacial score (nSPS) is 20.2. The van der Waals surface area contributed by atoms with Crippen molar-refractivity contribution in [2.45, 2.75) is 31.8 Å². The maximum absolute atomic E-state index is 13.8. The molecular formula is C28H21Br2N3O6. The molecule has 1 aliphatic heterocycles. The summed E-state index contributed by atoms with van der Waals surface area (Å²) in [5.74, 6) is -1.26. The Morgan fingerprint density at radius 2 is 1.74 bits per heavy atom. The number of benzene rings is 2. The van der Waals surface area contributed by atoms with Gasteiger partial charge >= 0.3 is 11.4 Å². The Hall–Kier alpha value is -3.70. The van der Waals surface area contributed by atoms with Crippen molar-refractivity contribution in [3.05, 3.63) is 106 Å². The van der Waals surface area contributed by atoms with Crippen LogP contribution < -0.4 is 16.1 Å². The van der Waals surface area contributed by atoms with E-state index in [0.29, 0.717) is 42.5 Å². The number of para-hydroxylation sites is 1. The van der Waals surface area contributed by atoms with Crippen molar-refractivity contribution >= 4 is 43.4 Å². The van der Waals surface area contributed by atoms with Crippen LogP contribution in [0.15, 0.2) is 89.4 Å². The Kier molecular flexibility index (Phi) is 6.03. The largest absolute Gasteiger partial charge is 0.503 e. The van der Waals surface area contributed by atoms with Crippen LogP contribution in [0.25, 0.3) is 5.69 Å². The summed E-state index contributed by atoms with van der Waals surface area (Å²) in [7, 11) is 1.42. The van der Waals surface area contributed by atoms with Crippen LogP contribution in [0.3, 0.4) is 0 Å². The first-order valence-corrected chi connectivity index (χ1v) is 13.7. The number of phenolic OH excluding ortho intramolecular Hbond substituents is 1. The summed E-state index contributed by atoms with van der Waals surface area (Å²) in [5.41, 5.74) is 1.64. The van der Waals surface area contributed by atoms with Gasteiger partial charge in [-0.3, -0.25) is 9.59 Å². The third kappa shape index (κ3) is 3.63. The van der Waals surface area contributed by atoms with Gasteiger partial charge in [0.1, 0.15) is 0 Å². The lowest BCUT2D eigenvalue weighted by Gasteiger charge is -2.40. The fraction of sp³-hybridized carbons (Fsp3) is 0.214. The number of hydrogen-bond acceptors (Lipinski definition) is 6. The van der Waals surface area contributed by atoms with E-state index in [4.69, 9.17) is 4.74 Å². The number of ketones is 2. The number of halogens is 2. The molecule has 2 aliphatic carbocycles. The molecule has 9 nitrogen and oxygen atoms in total. The van der Waals surface area contributed by atoms with E-state index >= 15 is 0 Å². The Balaban J connectivity index is 1.63. The maximum Gasteiger partial charge on any atom is 0.352 e. The molecular weight excluding hydrogens is 634 g/mol. The van der Waals surface area contributed by atoms with Crippen LogP contribution in [0.5, 0.6) is 11.5 Å². The molecule has 0 saturated carbocycles. The van der Waals surface area contributed by atoms with Gasteiger partial charge in [0.25, 0.3) is 0 Å². The first-order valence-electron chi connectivity index (χ1n) is 12.1. The predicted octanol–water partition coefficient (Wildman–Crippen LogP) is 4.10. The average molecular weight is 655 g/mol. The Labute approximate surface area is 238 Å². The average Bonchev–Trinajstić information content (AvgIpc) is 3.20. The second-order valence-electron chi connectivity index (χ2n) is 9.58. The molecule has 0 unspecified atom stereocenters. The van der Waals surface area contributed by atoms with E-state index in [1.165, 1.54) is 22.5 Å². The molecule has 3 aromatic rings. The molecule has 1 N–H and O–H groups in total. The maximum atomic E-state index is 13.8. The van der Waals surface area contributed by atoms with Crippen LogP contribution in [-0.4, -0.2) is 37.7 Å². The van der Waals surface area contributed by atoms with Crippen LogP contribution in [0.4, 0.5) is 0 Å². The fourth-order valence-corrected chi connectivity index (χ4v) is 6.72. The van der Waals surface area contributed by atoms with Gasteiger partial charge < -0.3 is 9.84 Å². The molecule has 0 amide bonds. The standard InChI is InChI=1S/C28H21Br2N3O6/c1-13-10-19(34)16-11-18-15(8-9-31-27(37)32(28(38)33(18)31)14-6-4-3-5-7-14)21(22(16)25(13)35)17-12-20(39-2)26(36)24(30)23(17)29/h3-8,10,12,18,21,36H,9,11H2,1-2H3/t18-,21-/m1/s1. The molecule has 11 heteroatoms. The summed E-state index contributed by atoms with van der Waals surface area (Å²) in [6.07, 6.45) is 3.25. The summed E-state index contributed by atoms with van der Waals surface area (Å²) in [5, 5.41) is 10.6. The molecule has 3 aliphatic rings. The highest BCUT2D eigenvalue weighted by molar-refractivity contribution is 9.13. The van der Waals surface area contributed by atoms with Gasteiger partial charge in [-0.2, -0.15) is 0 Å². The number of fused-ring (bicyclic) bond motifs is 3. The summed E-state index contributed by atoms with van der Waals surface area (Å²) in [6.45, 7) is 1.71. The van der Waals surface area contributed by atoms with Gasteiger partial charge in [-0.15, -0.1) is 0 Å². The van der Waals surface area contributed by atoms with Crippen LogP contribution in [-0.2, 0) is 16.1 Å². The predicted molar refractivity (Wildman–Crippen MR) is 150 cm³/mol. The van der Waals surface area contributed by atoms with Gasteiger partial charge in [0.2, 0.25) is 0 Å². The number of carbonyl (C=O) groups is 2. The molecule has 39 heavy (non-hydrogen) atoms. The van der Waals surface area contributed by atoms with Gasteiger partial charge in [-0.25, -0.2) is 23.5 Å². The first kappa shape index (κ1) is 25.6. The molecule has 0 bridgehead atoms. The van der Waals surface area contributed by atoms with E-state index in [9.17, 15) is 24.3 Å². The summed E-state index contributed by atoms with van der Waals surface area (Å²) in [4.78, 5) is 54.1. The van der Waals surface area contributed by atoms with Crippen molar-refractivity contribution in [2.75, 3.05) is 7.11 Å². The van der Waals surface area contributed by atoms with Crippen LogP contribution in [0.2, 0.25) is 0 Å². The summed E-state index contributed by atoms with van der Waals surface area (Å²) in [6, 6.07) is 9.58. The molecule has 6 rings (SSSR count). The van der Waals surface area contributed by atoms with Gasteiger partial charge in [0.15, 0.2) is 23.1 Å². The number of carbonyl (C=O) groups excluding carboxylic acids is 2. The van der Waals surface area contributed by atoms with Crippen molar-refractivity contribution < 1.29 is 19.4 Å². The van der Waals surface area contributed by atoms with E-state index in [0.717, 1.165) is 4.57 Å². The summed E-state index contributed by atoms with van der Waals surface area (Å²) < 4.78 is 10.1. The lowest BCUT2D eigenvalue weighted by atomic mass is 9.67. The molecule has 0 radical (unpaired) electrons. The Bertz CT molecular complexity index is 1820. The van der Waals surface area contributed by atoms with Crippen LogP contribution in [0, 0.1) is 0 Å². The van der Waals surface area contributed by atoms with Crippen molar-refractivity contribution in [1.82, 2.24) is 13.9 Å². The zero-order valence-electron chi connectivity index (χ0n) is 20.8. The lowest BCUT2D eigenvalue weighted by Crippen LogP contribution is -2.40. The highest BCUT2D eigenvalue weighted by Crippen LogP contribution is 2.54. The van der Waals surface area contributed by atoms with E-state index in [-0.39, 0.29) is 36.0 Å². The first-order chi connectivity index (χ1) is 18.6. The monoisotopic (exact) mass is 653 g/mol. The number of methoxy groups -OCH3 is 1. The Morgan fingerprint density at radius 3 is 2.44 bits per heavy atom. The van der Waals surface area contributed by atoms with Crippen molar-refractivity contribution in [2.24, 2.45) is 0 Å². The van der Waals surface area contributed by atoms with E-state index in [1.807, 2.05) is 6.08 Å². The zero-order valence-corrected chi connectivity index (χ0v) is 23.9. The van der Waals surface area contributed by atoms with Gasteiger partial charge in [0, 0.05) is 33.5 Å². The van der Waals surface area contributed by atoms with Crippen molar-refractivity contribution in [3.63, 3.8) is 0 Å². The molecule has 2 atom stereocenters. The van der Waals surface area contributed by atoms with Gasteiger partial charge in [-0.05, 0) is 74.2 Å². The van der Waals surface area contributed by atoms with E-state index in [2.05, 4.69) is 31.9 Å². The number of Topliss-reactive ketones (excluding diaryl/α,β-unsaturated/α-hetero) is 1. The second-order valence-corrected chi connectivity index (χ2v) is 11.2. The highest BCUT2D eigenvalue weighted by Gasteiger charge is 2.45. The van der Waals surface area contributed by atoms with E-state index in [1.54, 1.807) is 43.3 Å². The lowest BCUT2D eigenvalue weighted by molar-refractivity contribution is -0.116. The third-order valence-corrected chi connectivity index (χ3v) is 9.71. The second kappa shape index (κ2) is 9.20. The SMILES string of the molecule is COc1cc([C@H]2C3=CCn4c(=O)n(-c5ccccc5)c(=O)n4[C@@H]3CC3=C2C(=O)C(C)=CC3=O)c(Br)c(Br)c1O. The summed E-state index contributed by atoms with van der Waals surface area (Å²) >= 11 is 6.95. The molecule has 0 saturated heterocycles. The number of aromatic nitrogens is 3. The van der Waals surface area contributed by atoms with Crippen LogP contribution >= 0.6 is 31.9 Å². The number of allylic oxidation sites excluding steroid dienone is 6. The topological polar surface area (TPSA) is 113 Å². The van der Waals surface area contributed by atoms with Crippen molar-refractivity contribution in [3.8, 4) is 17.2 Å². The number of phenols is 1. The molecule has 1 aromatic heterocycles. The molecule has 0 spiro atoms. The molecule has 2 aromatic carbocycles. The number of nitrogens with zero attached hydrogens (tertiary/aromatic N) is 3. The smallest absolute Gasteiger partial charge is 0.352 e. The molecule has 198 valence electrons.